The first-order chi connectivity index (χ1) is 11.4. The van der Waals surface area contributed by atoms with E-state index in [-0.39, 0.29) is 12.1 Å². The Bertz CT molecular complexity index is 556. The Morgan fingerprint density at radius 3 is 2.46 bits per heavy atom. The largest absolute Gasteiger partial charge is 0.486 e. The normalized spacial score (nSPS) is 20.8. The molecule has 2 atom stereocenters. The predicted molar refractivity (Wildman–Crippen MR) is 98.3 cm³/mol. The molecule has 1 aromatic rings. The highest BCUT2D eigenvalue weighted by Gasteiger charge is 2.30. The molecular weight excluding hydrogens is 320 g/mol. The molecule has 24 heavy (non-hydrogen) atoms. The number of nitrogens with zero attached hydrogens (tertiary/aromatic N) is 1. The molecule has 1 saturated heterocycles. The second kappa shape index (κ2) is 7.43. The van der Waals surface area contributed by atoms with Gasteiger partial charge in [-0.15, -0.1) is 0 Å². The maximum absolute atomic E-state index is 6.60. The Morgan fingerprint density at radius 2 is 1.79 bits per heavy atom. The van der Waals surface area contributed by atoms with Gasteiger partial charge < -0.3 is 24.5 Å². The summed E-state index contributed by atoms with van der Waals surface area (Å²) in [5.41, 5.74) is 7.69. The van der Waals surface area contributed by atoms with E-state index in [2.05, 4.69) is 30.6 Å². The Balaban J connectivity index is 1.80. The summed E-state index contributed by atoms with van der Waals surface area (Å²) >= 11 is 0. The quantitative estimate of drug-likeness (QED) is 0.800. The van der Waals surface area contributed by atoms with Crippen LogP contribution < -0.4 is 15.2 Å². The summed E-state index contributed by atoms with van der Waals surface area (Å²) in [4.78, 5) is 2.45. The van der Waals surface area contributed by atoms with Gasteiger partial charge in [0.2, 0.25) is 0 Å². The van der Waals surface area contributed by atoms with Crippen molar-refractivity contribution in [3.63, 3.8) is 0 Å². The molecule has 0 radical (unpaired) electrons. The minimum Gasteiger partial charge on any atom is -0.486 e. The highest BCUT2D eigenvalue weighted by atomic mass is 28.4. The predicted octanol–water partition coefficient (Wildman–Crippen LogP) is 2.77. The van der Waals surface area contributed by atoms with Gasteiger partial charge >= 0.3 is 0 Å². The molecule has 134 valence electrons. The summed E-state index contributed by atoms with van der Waals surface area (Å²) in [5, 5.41) is 0. The van der Waals surface area contributed by atoms with Crippen molar-refractivity contribution in [1.29, 1.82) is 0 Å². The number of nitrogens with two attached hydrogens (primary N) is 1. The summed E-state index contributed by atoms with van der Waals surface area (Å²) in [6.07, 6.45) is 2.44. The molecule has 0 spiro atoms. The molecule has 2 aliphatic rings. The SMILES string of the molecule is C[Si](C)(C)O[C@H](c1ccc2c(c1)OCCO2)[C@H](N)CN1CCCC1. The van der Waals surface area contributed by atoms with Crippen LogP contribution in [-0.4, -0.2) is 52.1 Å². The highest BCUT2D eigenvalue weighted by Crippen LogP contribution is 2.35. The van der Waals surface area contributed by atoms with Crippen molar-refractivity contribution in [2.45, 2.75) is 44.6 Å². The fourth-order valence-electron chi connectivity index (χ4n) is 3.38. The molecule has 0 aromatic heterocycles. The molecule has 6 heteroatoms. The van der Waals surface area contributed by atoms with Crippen LogP contribution in [0.1, 0.15) is 24.5 Å². The van der Waals surface area contributed by atoms with Gasteiger partial charge in [0.1, 0.15) is 13.2 Å². The lowest BCUT2D eigenvalue weighted by atomic mass is 10.0. The van der Waals surface area contributed by atoms with Gasteiger partial charge in [-0.05, 0) is 63.3 Å². The van der Waals surface area contributed by atoms with Gasteiger partial charge in [-0.2, -0.15) is 0 Å². The maximum Gasteiger partial charge on any atom is 0.184 e. The van der Waals surface area contributed by atoms with Crippen LogP contribution in [0.15, 0.2) is 18.2 Å². The fourth-order valence-corrected chi connectivity index (χ4v) is 4.45. The van der Waals surface area contributed by atoms with Gasteiger partial charge in [-0.3, -0.25) is 0 Å². The van der Waals surface area contributed by atoms with Crippen LogP contribution in [0.3, 0.4) is 0 Å². The molecule has 2 aliphatic heterocycles. The third kappa shape index (κ3) is 4.50. The van der Waals surface area contributed by atoms with Crippen LogP contribution in [0, 0.1) is 0 Å². The number of fused-ring (bicyclic) bond motifs is 1. The lowest BCUT2D eigenvalue weighted by molar-refractivity contribution is 0.139. The summed E-state index contributed by atoms with van der Waals surface area (Å²) in [7, 11) is -1.73. The van der Waals surface area contributed by atoms with Gasteiger partial charge in [0.15, 0.2) is 19.8 Å². The van der Waals surface area contributed by atoms with Crippen molar-refractivity contribution < 1.29 is 13.9 Å². The van der Waals surface area contributed by atoms with Crippen LogP contribution >= 0.6 is 0 Å². The van der Waals surface area contributed by atoms with Gasteiger partial charge in [-0.1, -0.05) is 6.07 Å². The summed E-state index contributed by atoms with van der Waals surface area (Å²) in [6.45, 7) is 11.0. The molecule has 0 aliphatic carbocycles. The summed E-state index contributed by atoms with van der Waals surface area (Å²) in [6, 6.07) is 6.05. The zero-order chi connectivity index (χ0) is 17.2. The first-order valence-electron chi connectivity index (χ1n) is 8.98. The van der Waals surface area contributed by atoms with Crippen molar-refractivity contribution in [2.75, 3.05) is 32.8 Å². The average Bonchev–Trinajstić information content (AvgIpc) is 3.04. The zero-order valence-electron chi connectivity index (χ0n) is 15.1. The number of rotatable bonds is 6. The second-order valence-electron chi connectivity index (χ2n) is 7.73. The third-order valence-corrected chi connectivity index (χ3v) is 5.39. The molecule has 1 fully saturated rings. The van der Waals surface area contributed by atoms with E-state index in [1.165, 1.54) is 12.8 Å². The van der Waals surface area contributed by atoms with Crippen LogP contribution in [0.2, 0.25) is 19.6 Å². The Labute approximate surface area is 146 Å². The number of hydrogen-bond acceptors (Lipinski definition) is 5. The van der Waals surface area contributed by atoms with Crippen molar-refractivity contribution in [3.8, 4) is 11.5 Å². The van der Waals surface area contributed by atoms with Crippen LogP contribution in [0.4, 0.5) is 0 Å². The minimum atomic E-state index is -1.73. The number of likely N-dealkylation sites (tertiary alicyclic amines) is 1. The number of ether oxygens (including phenoxy) is 2. The first-order valence-corrected chi connectivity index (χ1v) is 12.4. The van der Waals surface area contributed by atoms with E-state index in [4.69, 9.17) is 19.6 Å². The van der Waals surface area contributed by atoms with Crippen molar-refractivity contribution >= 4 is 8.32 Å². The molecule has 0 unspecified atom stereocenters. The lowest BCUT2D eigenvalue weighted by Crippen LogP contribution is -2.44. The van der Waals surface area contributed by atoms with Gasteiger partial charge in [0.25, 0.3) is 0 Å². The molecule has 0 bridgehead atoms. The van der Waals surface area contributed by atoms with E-state index in [1.807, 2.05) is 12.1 Å². The van der Waals surface area contributed by atoms with E-state index in [0.717, 1.165) is 36.7 Å². The molecule has 2 N–H and O–H groups in total. The van der Waals surface area contributed by atoms with E-state index in [1.54, 1.807) is 0 Å². The maximum atomic E-state index is 6.60. The monoisotopic (exact) mass is 350 g/mol. The van der Waals surface area contributed by atoms with Crippen molar-refractivity contribution in [3.05, 3.63) is 23.8 Å². The van der Waals surface area contributed by atoms with Crippen LogP contribution in [-0.2, 0) is 4.43 Å². The van der Waals surface area contributed by atoms with Crippen LogP contribution in [0.5, 0.6) is 11.5 Å². The van der Waals surface area contributed by atoms with E-state index < -0.39 is 8.32 Å². The van der Waals surface area contributed by atoms with Gasteiger partial charge in [0.05, 0.1) is 6.10 Å². The molecule has 0 amide bonds. The molecule has 1 aromatic carbocycles. The first kappa shape index (κ1) is 17.7. The van der Waals surface area contributed by atoms with E-state index >= 15 is 0 Å². The minimum absolute atomic E-state index is 0.0441. The molecule has 5 nitrogen and oxygen atoms in total. The number of benzene rings is 1. The molecule has 2 heterocycles. The van der Waals surface area contributed by atoms with E-state index in [9.17, 15) is 0 Å². The van der Waals surface area contributed by atoms with Crippen LogP contribution in [0.25, 0.3) is 0 Å². The highest BCUT2D eigenvalue weighted by molar-refractivity contribution is 6.69. The third-order valence-electron chi connectivity index (χ3n) is 4.43. The van der Waals surface area contributed by atoms with Gasteiger partial charge in [0, 0.05) is 12.6 Å². The van der Waals surface area contributed by atoms with Crippen molar-refractivity contribution in [2.24, 2.45) is 5.73 Å². The number of hydrogen-bond donors (Lipinski definition) is 1. The summed E-state index contributed by atoms with van der Waals surface area (Å²) in [5.74, 6) is 1.61. The lowest BCUT2D eigenvalue weighted by Gasteiger charge is -2.33. The zero-order valence-corrected chi connectivity index (χ0v) is 16.1. The Hall–Kier alpha value is -1.08. The Kier molecular flexibility index (Phi) is 5.49. The fraction of sp³-hybridized carbons (Fsp3) is 0.667. The van der Waals surface area contributed by atoms with E-state index in [0.29, 0.717) is 13.2 Å². The average molecular weight is 351 g/mol. The smallest absolute Gasteiger partial charge is 0.184 e. The standard InChI is InChI=1S/C18H30N2O3Si/c1-24(2,3)23-18(15(19)13-20-8-4-5-9-20)14-6-7-16-17(12-14)22-11-10-21-16/h6-7,12,15,18H,4-5,8-11,13,19H2,1-3H3/t15-,18-/m1/s1. The molecular formula is C18H30N2O3Si. The Morgan fingerprint density at radius 1 is 1.12 bits per heavy atom. The molecule has 3 rings (SSSR count). The second-order valence-corrected chi connectivity index (χ2v) is 12.2. The topological polar surface area (TPSA) is 57.0 Å². The van der Waals surface area contributed by atoms with Gasteiger partial charge in [-0.25, -0.2) is 0 Å². The molecule has 0 saturated carbocycles. The van der Waals surface area contributed by atoms with Crippen molar-refractivity contribution in [1.82, 2.24) is 4.90 Å². The summed E-state index contributed by atoms with van der Waals surface area (Å²) < 4.78 is 17.8.